The molecule has 1 unspecified atom stereocenters. The van der Waals surface area contributed by atoms with Crippen LogP contribution in [0.5, 0.6) is 0 Å². The van der Waals surface area contributed by atoms with Gasteiger partial charge >= 0.3 is 5.97 Å². The van der Waals surface area contributed by atoms with Gasteiger partial charge in [-0.2, -0.15) is 0 Å². The molecule has 1 aromatic heterocycles. The Morgan fingerprint density at radius 2 is 2.05 bits per heavy atom. The van der Waals surface area contributed by atoms with Crippen LogP contribution in [0.2, 0.25) is 0 Å². The second-order valence-corrected chi connectivity index (χ2v) is 5.28. The molecule has 2 aromatic rings. The SMILES string of the molecule is CCc1ccc2occ(C(=O)NC(C)(CC)C(=O)O)c2c1. The first-order valence-corrected chi connectivity index (χ1v) is 6.97. The summed E-state index contributed by atoms with van der Waals surface area (Å²) in [6, 6.07) is 5.67. The van der Waals surface area contributed by atoms with Gasteiger partial charge in [0.1, 0.15) is 17.4 Å². The average molecular weight is 289 g/mol. The number of benzene rings is 1. The molecule has 1 atom stereocenters. The van der Waals surface area contributed by atoms with E-state index in [9.17, 15) is 14.7 Å². The number of amides is 1. The lowest BCUT2D eigenvalue weighted by Gasteiger charge is -2.24. The van der Waals surface area contributed by atoms with E-state index in [1.54, 1.807) is 6.92 Å². The van der Waals surface area contributed by atoms with E-state index in [1.165, 1.54) is 13.2 Å². The van der Waals surface area contributed by atoms with Crippen LogP contribution in [0, 0.1) is 0 Å². The quantitative estimate of drug-likeness (QED) is 0.886. The van der Waals surface area contributed by atoms with Gasteiger partial charge in [-0.25, -0.2) is 4.79 Å². The number of hydrogen-bond acceptors (Lipinski definition) is 3. The van der Waals surface area contributed by atoms with Gasteiger partial charge in [0.25, 0.3) is 5.91 Å². The van der Waals surface area contributed by atoms with Gasteiger partial charge in [-0.1, -0.05) is 19.9 Å². The molecule has 21 heavy (non-hydrogen) atoms. The van der Waals surface area contributed by atoms with E-state index in [4.69, 9.17) is 4.42 Å². The molecule has 0 radical (unpaired) electrons. The van der Waals surface area contributed by atoms with Gasteiger partial charge in [0.05, 0.1) is 5.56 Å². The first-order chi connectivity index (χ1) is 9.91. The minimum absolute atomic E-state index is 0.296. The van der Waals surface area contributed by atoms with Crippen LogP contribution in [-0.4, -0.2) is 22.5 Å². The number of aryl methyl sites for hydroxylation is 1. The Balaban J connectivity index is 2.37. The maximum Gasteiger partial charge on any atom is 0.329 e. The van der Waals surface area contributed by atoms with Gasteiger partial charge in [0.2, 0.25) is 0 Å². The molecule has 5 nitrogen and oxygen atoms in total. The second-order valence-electron chi connectivity index (χ2n) is 5.28. The van der Waals surface area contributed by atoms with E-state index in [0.29, 0.717) is 23.0 Å². The van der Waals surface area contributed by atoms with Crippen LogP contribution in [0.15, 0.2) is 28.9 Å². The zero-order valence-electron chi connectivity index (χ0n) is 12.4. The second kappa shape index (κ2) is 5.60. The van der Waals surface area contributed by atoms with Crippen molar-refractivity contribution in [1.82, 2.24) is 5.32 Å². The molecule has 0 aliphatic heterocycles. The fraction of sp³-hybridized carbons (Fsp3) is 0.375. The monoisotopic (exact) mass is 289 g/mol. The molecule has 1 amide bonds. The molecule has 1 aromatic carbocycles. The van der Waals surface area contributed by atoms with E-state index in [1.807, 2.05) is 25.1 Å². The molecule has 5 heteroatoms. The van der Waals surface area contributed by atoms with Crippen LogP contribution in [-0.2, 0) is 11.2 Å². The van der Waals surface area contributed by atoms with Crippen LogP contribution in [0.25, 0.3) is 11.0 Å². The number of aliphatic carboxylic acids is 1. The lowest BCUT2D eigenvalue weighted by molar-refractivity contribution is -0.143. The molecule has 0 saturated heterocycles. The summed E-state index contributed by atoms with van der Waals surface area (Å²) in [5.74, 6) is -1.49. The molecule has 0 fully saturated rings. The molecular formula is C16H19NO4. The first-order valence-electron chi connectivity index (χ1n) is 6.97. The zero-order valence-corrected chi connectivity index (χ0v) is 12.4. The van der Waals surface area contributed by atoms with E-state index >= 15 is 0 Å². The number of carboxylic acids is 1. The normalized spacial score (nSPS) is 13.9. The average Bonchev–Trinajstić information content (AvgIpc) is 2.89. The highest BCUT2D eigenvalue weighted by atomic mass is 16.4. The van der Waals surface area contributed by atoms with E-state index in [2.05, 4.69) is 5.32 Å². The number of nitrogens with one attached hydrogen (secondary N) is 1. The summed E-state index contributed by atoms with van der Waals surface area (Å²) in [5.41, 5.74) is 0.782. The van der Waals surface area contributed by atoms with Crippen molar-refractivity contribution in [2.75, 3.05) is 0 Å². The van der Waals surface area contributed by atoms with Gasteiger partial charge in [-0.15, -0.1) is 0 Å². The summed E-state index contributed by atoms with van der Waals surface area (Å²) in [6.07, 6.45) is 2.52. The third-order valence-electron chi connectivity index (χ3n) is 3.86. The van der Waals surface area contributed by atoms with Crippen LogP contribution < -0.4 is 5.32 Å². The van der Waals surface area contributed by atoms with E-state index in [-0.39, 0.29) is 0 Å². The Hall–Kier alpha value is -2.30. The molecule has 0 aliphatic rings. The van der Waals surface area contributed by atoms with Crippen molar-refractivity contribution in [2.24, 2.45) is 0 Å². The van der Waals surface area contributed by atoms with Crippen molar-refractivity contribution in [2.45, 2.75) is 39.2 Å². The van der Waals surface area contributed by atoms with Crippen LogP contribution >= 0.6 is 0 Å². The van der Waals surface area contributed by atoms with Crippen molar-refractivity contribution in [3.63, 3.8) is 0 Å². The van der Waals surface area contributed by atoms with E-state index in [0.717, 1.165) is 12.0 Å². The Morgan fingerprint density at radius 1 is 1.33 bits per heavy atom. The molecule has 2 N–H and O–H groups in total. The van der Waals surface area contributed by atoms with Crippen LogP contribution in [0.4, 0.5) is 0 Å². The molecular weight excluding hydrogens is 270 g/mol. The third-order valence-corrected chi connectivity index (χ3v) is 3.86. The topological polar surface area (TPSA) is 79.5 Å². The standard InChI is InChI=1S/C16H19NO4/c1-4-10-6-7-13-11(8-10)12(9-21-13)14(18)17-16(3,5-2)15(19)20/h6-9H,4-5H2,1-3H3,(H,17,18)(H,19,20). The predicted octanol–water partition coefficient (Wildman–Crippen LogP) is 2.98. The van der Waals surface area contributed by atoms with Gasteiger partial charge in [-0.3, -0.25) is 4.79 Å². The molecule has 2 rings (SSSR count). The Bertz CT molecular complexity index is 689. The summed E-state index contributed by atoms with van der Waals surface area (Å²) in [6.45, 7) is 5.24. The molecule has 0 aliphatic carbocycles. The highest BCUT2D eigenvalue weighted by Gasteiger charge is 2.33. The van der Waals surface area contributed by atoms with Crippen molar-refractivity contribution >= 4 is 22.8 Å². The summed E-state index contributed by atoms with van der Waals surface area (Å²) >= 11 is 0. The maximum atomic E-state index is 12.4. The van der Waals surface area contributed by atoms with Gasteiger partial charge in [0, 0.05) is 5.39 Å². The number of carbonyl (C=O) groups is 2. The predicted molar refractivity (Wildman–Crippen MR) is 79.4 cm³/mol. The van der Waals surface area contributed by atoms with E-state index < -0.39 is 17.4 Å². The van der Waals surface area contributed by atoms with Gasteiger partial charge in [-0.05, 0) is 37.5 Å². The van der Waals surface area contributed by atoms with Crippen molar-refractivity contribution in [3.8, 4) is 0 Å². The lowest BCUT2D eigenvalue weighted by atomic mass is 9.98. The van der Waals surface area contributed by atoms with Crippen molar-refractivity contribution < 1.29 is 19.1 Å². The highest BCUT2D eigenvalue weighted by molar-refractivity contribution is 6.07. The Kier molecular flexibility index (Phi) is 4.02. The Morgan fingerprint density at radius 3 is 2.62 bits per heavy atom. The molecule has 0 bridgehead atoms. The summed E-state index contributed by atoms with van der Waals surface area (Å²) in [4.78, 5) is 23.6. The molecule has 112 valence electrons. The Labute approximate surface area is 122 Å². The van der Waals surface area contributed by atoms with Crippen LogP contribution in [0.3, 0.4) is 0 Å². The fourth-order valence-electron chi connectivity index (χ4n) is 2.08. The minimum Gasteiger partial charge on any atom is -0.480 e. The van der Waals surface area contributed by atoms with Crippen molar-refractivity contribution in [1.29, 1.82) is 0 Å². The third kappa shape index (κ3) is 2.77. The number of carbonyl (C=O) groups excluding carboxylic acids is 1. The number of carboxylic acid groups (broad SMARTS) is 1. The van der Waals surface area contributed by atoms with Crippen LogP contribution in [0.1, 0.15) is 43.1 Å². The smallest absolute Gasteiger partial charge is 0.329 e. The highest BCUT2D eigenvalue weighted by Crippen LogP contribution is 2.23. The molecule has 0 spiro atoms. The number of furan rings is 1. The van der Waals surface area contributed by atoms with Crippen molar-refractivity contribution in [3.05, 3.63) is 35.6 Å². The summed E-state index contributed by atoms with van der Waals surface area (Å²) < 4.78 is 5.37. The molecule has 0 saturated carbocycles. The minimum atomic E-state index is -1.29. The first kappa shape index (κ1) is 15.1. The van der Waals surface area contributed by atoms with Gasteiger partial charge < -0.3 is 14.8 Å². The summed E-state index contributed by atoms with van der Waals surface area (Å²) in [7, 11) is 0. The van der Waals surface area contributed by atoms with Gasteiger partial charge in [0.15, 0.2) is 0 Å². The largest absolute Gasteiger partial charge is 0.480 e. The fourth-order valence-corrected chi connectivity index (χ4v) is 2.08. The summed E-state index contributed by atoms with van der Waals surface area (Å²) in [5, 5.41) is 12.5. The lowest BCUT2D eigenvalue weighted by Crippen LogP contribution is -2.51. The number of rotatable bonds is 5. The number of hydrogen-bond donors (Lipinski definition) is 2. The molecule has 1 heterocycles. The number of fused-ring (bicyclic) bond motifs is 1. The maximum absolute atomic E-state index is 12.4. The zero-order chi connectivity index (χ0) is 15.6.